The van der Waals surface area contributed by atoms with Crippen molar-refractivity contribution in [3.8, 4) is 0 Å². The molecule has 0 aliphatic carbocycles. The molecule has 74 valence electrons. The third-order valence-electron chi connectivity index (χ3n) is 1.40. The molecule has 12 heavy (non-hydrogen) atoms. The molecule has 5 nitrogen and oxygen atoms in total. The Hall–Kier alpha value is -0.140. The van der Waals surface area contributed by atoms with E-state index in [1.165, 1.54) is 6.92 Å². The Kier molecular flexibility index (Phi) is 3.67. The molecule has 0 fully saturated rings. The smallest absolute Gasteiger partial charge is 0.267 e. The molecule has 0 spiro atoms. The summed E-state index contributed by atoms with van der Waals surface area (Å²) >= 11 is 0. The molecule has 0 saturated carbocycles. The van der Waals surface area contributed by atoms with E-state index in [-0.39, 0.29) is 12.2 Å². The van der Waals surface area contributed by atoms with Crippen molar-refractivity contribution >= 4 is 20.0 Å². The van der Waals surface area contributed by atoms with Gasteiger partial charge in [-0.25, -0.2) is 8.42 Å². The molecule has 0 aromatic rings. The first-order valence-electron chi connectivity index (χ1n) is 3.27. The Morgan fingerprint density at radius 2 is 1.67 bits per heavy atom. The molecule has 0 bridgehead atoms. The minimum Gasteiger partial charge on any atom is -0.285 e. The van der Waals surface area contributed by atoms with Crippen molar-refractivity contribution in [3.63, 3.8) is 0 Å². The van der Waals surface area contributed by atoms with Crippen LogP contribution in [0.3, 0.4) is 0 Å². The van der Waals surface area contributed by atoms with E-state index in [9.17, 15) is 16.8 Å². The van der Waals surface area contributed by atoms with Gasteiger partial charge < -0.3 is 0 Å². The fourth-order valence-corrected chi connectivity index (χ4v) is 1.88. The van der Waals surface area contributed by atoms with Crippen LogP contribution in [0.2, 0.25) is 0 Å². The van der Waals surface area contributed by atoms with Gasteiger partial charge in [0.05, 0.1) is 11.0 Å². The van der Waals surface area contributed by atoms with Crippen molar-refractivity contribution in [2.24, 2.45) is 0 Å². The Morgan fingerprint density at radius 3 is 1.92 bits per heavy atom. The monoisotopic (exact) mass is 216 g/mol. The lowest BCUT2D eigenvalue weighted by Gasteiger charge is -2.05. The summed E-state index contributed by atoms with van der Waals surface area (Å²) in [4.78, 5) is 0. The number of hydrogen-bond donors (Lipinski definition) is 1. The number of hydrogen-bond acceptors (Lipinski definition) is 4. The predicted octanol–water partition coefficient (Wildman–Crippen LogP) is -0.303. The lowest BCUT2D eigenvalue weighted by atomic mass is 10.4. The van der Waals surface area contributed by atoms with Crippen molar-refractivity contribution in [2.75, 3.05) is 12.0 Å². The molecule has 0 amide bonds. The second-order valence-corrected chi connectivity index (χ2v) is 6.84. The molecule has 0 rings (SSSR count). The minimum absolute atomic E-state index is 0.0718. The third kappa shape index (κ3) is 5.50. The van der Waals surface area contributed by atoms with Crippen LogP contribution in [0.4, 0.5) is 0 Å². The van der Waals surface area contributed by atoms with Crippen LogP contribution in [0.1, 0.15) is 13.3 Å². The maximum Gasteiger partial charge on any atom is 0.267 e. The van der Waals surface area contributed by atoms with E-state index in [4.69, 9.17) is 4.55 Å². The molecule has 1 atom stereocenters. The highest BCUT2D eigenvalue weighted by Gasteiger charge is 2.18. The van der Waals surface area contributed by atoms with Crippen molar-refractivity contribution in [2.45, 2.75) is 18.6 Å². The second-order valence-electron chi connectivity index (χ2n) is 2.74. The van der Waals surface area contributed by atoms with Gasteiger partial charge in [0.25, 0.3) is 10.1 Å². The Labute approximate surface area is 72.5 Å². The van der Waals surface area contributed by atoms with Crippen LogP contribution in [-0.2, 0) is 20.0 Å². The van der Waals surface area contributed by atoms with E-state index in [1.807, 2.05) is 0 Å². The molecule has 1 N–H and O–H groups in total. The van der Waals surface area contributed by atoms with E-state index in [0.29, 0.717) is 0 Å². The van der Waals surface area contributed by atoms with Gasteiger partial charge in [0.1, 0.15) is 9.84 Å². The van der Waals surface area contributed by atoms with E-state index in [2.05, 4.69) is 0 Å². The van der Waals surface area contributed by atoms with Crippen molar-refractivity contribution in [3.05, 3.63) is 0 Å². The summed E-state index contributed by atoms with van der Waals surface area (Å²) in [6.07, 6.45) is 0.946. The molecule has 0 aliphatic heterocycles. The molecule has 0 radical (unpaired) electrons. The fourth-order valence-electron chi connectivity index (χ4n) is 0.529. The quantitative estimate of drug-likeness (QED) is 0.652. The van der Waals surface area contributed by atoms with E-state index in [1.54, 1.807) is 0 Å². The van der Waals surface area contributed by atoms with Crippen LogP contribution in [0.5, 0.6) is 0 Å². The first-order valence-corrected chi connectivity index (χ1v) is 6.83. The molecule has 0 aromatic heterocycles. The van der Waals surface area contributed by atoms with Gasteiger partial charge in [0, 0.05) is 6.26 Å². The molecule has 0 saturated heterocycles. The van der Waals surface area contributed by atoms with Crippen molar-refractivity contribution in [1.29, 1.82) is 0 Å². The van der Waals surface area contributed by atoms with E-state index in [0.717, 1.165) is 6.26 Å². The first kappa shape index (κ1) is 11.9. The molecular formula is C5H12O5S2. The summed E-state index contributed by atoms with van der Waals surface area (Å²) < 4.78 is 50.5. The zero-order chi connectivity index (χ0) is 9.99. The molecule has 0 aromatic carbocycles. The topological polar surface area (TPSA) is 88.5 Å². The van der Waals surface area contributed by atoms with Gasteiger partial charge in [-0.05, 0) is 13.3 Å². The second kappa shape index (κ2) is 3.71. The van der Waals surface area contributed by atoms with Crippen LogP contribution >= 0.6 is 0 Å². The zero-order valence-corrected chi connectivity index (χ0v) is 8.52. The van der Waals surface area contributed by atoms with E-state index < -0.39 is 25.2 Å². The molecular weight excluding hydrogens is 204 g/mol. The molecule has 1 unspecified atom stereocenters. The van der Waals surface area contributed by atoms with Gasteiger partial charge >= 0.3 is 0 Å². The van der Waals surface area contributed by atoms with Gasteiger partial charge in [-0.1, -0.05) is 0 Å². The van der Waals surface area contributed by atoms with Crippen LogP contribution < -0.4 is 0 Å². The van der Waals surface area contributed by atoms with Gasteiger partial charge in [0.2, 0.25) is 0 Å². The van der Waals surface area contributed by atoms with Gasteiger partial charge in [-0.15, -0.1) is 0 Å². The average Bonchev–Trinajstić information content (AvgIpc) is 1.78. The molecule has 0 aliphatic rings. The highest BCUT2D eigenvalue weighted by molar-refractivity contribution is 7.90. The van der Waals surface area contributed by atoms with Gasteiger partial charge in [-0.3, -0.25) is 4.55 Å². The largest absolute Gasteiger partial charge is 0.285 e. The normalized spacial score (nSPS) is 15.9. The summed E-state index contributed by atoms with van der Waals surface area (Å²) in [5, 5.41) is -1.02. The Morgan fingerprint density at radius 1 is 1.25 bits per heavy atom. The third-order valence-corrected chi connectivity index (χ3v) is 3.63. The van der Waals surface area contributed by atoms with Crippen LogP contribution in [0.25, 0.3) is 0 Å². The summed E-state index contributed by atoms with van der Waals surface area (Å²) in [6, 6.07) is 0. The maximum absolute atomic E-state index is 10.6. The van der Waals surface area contributed by atoms with Crippen LogP contribution in [0.15, 0.2) is 0 Å². The molecule has 0 heterocycles. The van der Waals surface area contributed by atoms with Crippen molar-refractivity contribution < 1.29 is 21.4 Å². The van der Waals surface area contributed by atoms with Gasteiger partial charge in [0.15, 0.2) is 0 Å². The highest BCUT2D eigenvalue weighted by atomic mass is 32.2. The lowest BCUT2D eigenvalue weighted by Crippen LogP contribution is -2.20. The highest BCUT2D eigenvalue weighted by Crippen LogP contribution is 2.04. The Balaban J connectivity index is 4.16. The summed E-state index contributed by atoms with van der Waals surface area (Å²) in [5.41, 5.74) is 0. The van der Waals surface area contributed by atoms with Crippen LogP contribution in [0, 0.1) is 0 Å². The Bertz CT molecular complexity index is 325. The lowest BCUT2D eigenvalue weighted by molar-refractivity contribution is 0.468. The van der Waals surface area contributed by atoms with Gasteiger partial charge in [-0.2, -0.15) is 8.42 Å². The minimum atomic E-state index is -4.09. The first-order chi connectivity index (χ1) is 5.13. The predicted molar refractivity (Wildman–Crippen MR) is 45.3 cm³/mol. The SMILES string of the molecule is CC(CCS(C)(=O)=O)S(=O)(=O)O. The summed E-state index contributed by atoms with van der Waals surface area (Å²) in [7, 11) is -7.24. The molecule has 7 heteroatoms. The number of sulfone groups is 1. The maximum atomic E-state index is 10.6. The average molecular weight is 216 g/mol. The van der Waals surface area contributed by atoms with Crippen molar-refractivity contribution in [1.82, 2.24) is 0 Å². The van der Waals surface area contributed by atoms with Crippen LogP contribution in [-0.4, -0.2) is 38.6 Å². The van der Waals surface area contributed by atoms with E-state index >= 15 is 0 Å². The zero-order valence-electron chi connectivity index (χ0n) is 6.89. The standard InChI is InChI=1S/C5H12O5S2/c1-5(12(8,9)10)3-4-11(2,6)7/h5H,3-4H2,1-2H3,(H,8,9,10). The summed E-state index contributed by atoms with van der Waals surface area (Å²) in [6.45, 7) is 1.26. The number of rotatable bonds is 4. The summed E-state index contributed by atoms with van der Waals surface area (Å²) in [5.74, 6) is -0.228. The fraction of sp³-hybridized carbons (Fsp3) is 1.00.